The lowest BCUT2D eigenvalue weighted by atomic mass is 10.0. The van der Waals surface area contributed by atoms with Crippen LogP contribution in [0.2, 0.25) is 0 Å². The number of hydrogen-bond donors (Lipinski definition) is 1. The van der Waals surface area contributed by atoms with E-state index in [0.29, 0.717) is 16.7 Å². The number of para-hydroxylation sites is 1. The number of carbonyl (C=O) groups excluding carboxylic acids is 2. The largest absolute Gasteiger partial charge is 0.321 e. The van der Waals surface area contributed by atoms with Crippen LogP contribution in [0.1, 0.15) is 26.3 Å². The maximum Gasteiger partial charge on any atom is 0.255 e. The summed E-state index contributed by atoms with van der Waals surface area (Å²) in [5.74, 6) is -0.588. The summed E-state index contributed by atoms with van der Waals surface area (Å²) >= 11 is 0. The van der Waals surface area contributed by atoms with E-state index >= 15 is 0 Å². The molecule has 3 aromatic rings. The van der Waals surface area contributed by atoms with Gasteiger partial charge in [-0.25, -0.2) is 8.42 Å². The minimum Gasteiger partial charge on any atom is -0.321 e. The fraction of sp³-hybridized carbons (Fsp3) is 0.0476. The van der Waals surface area contributed by atoms with Gasteiger partial charge in [0, 0.05) is 22.9 Å². The zero-order chi connectivity index (χ0) is 19.4. The van der Waals surface area contributed by atoms with Gasteiger partial charge in [0.25, 0.3) is 5.91 Å². The minimum atomic E-state index is -3.47. The summed E-state index contributed by atoms with van der Waals surface area (Å²) in [6.07, 6.45) is 1.09. The molecular weight excluding hydrogens is 362 g/mol. The fourth-order valence-corrected chi connectivity index (χ4v) is 3.46. The third-order valence-electron chi connectivity index (χ3n) is 3.98. The average Bonchev–Trinajstić information content (AvgIpc) is 2.68. The molecule has 0 bridgehead atoms. The molecule has 0 unspecified atom stereocenters. The Morgan fingerprint density at radius 1 is 0.704 bits per heavy atom. The number of nitrogens with one attached hydrogen (secondary N) is 1. The van der Waals surface area contributed by atoms with E-state index in [0.717, 1.165) is 6.26 Å². The van der Waals surface area contributed by atoms with Gasteiger partial charge in [-0.15, -0.1) is 0 Å². The van der Waals surface area contributed by atoms with Crippen molar-refractivity contribution < 1.29 is 18.0 Å². The lowest BCUT2D eigenvalue weighted by Crippen LogP contribution is -2.14. The molecule has 0 heterocycles. The number of anilines is 1. The van der Waals surface area contributed by atoms with Crippen LogP contribution in [-0.4, -0.2) is 26.4 Å². The van der Waals surface area contributed by atoms with Crippen LogP contribution >= 0.6 is 0 Å². The highest BCUT2D eigenvalue weighted by Crippen LogP contribution is 2.21. The second kappa shape index (κ2) is 7.55. The topological polar surface area (TPSA) is 80.3 Å². The van der Waals surface area contributed by atoms with Gasteiger partial charge in [0.2, 0.25) is 0 Å². The summed E-state index contributed by atoms with van der Waals surface area (Å²) in [5, 5.41) is 2.61. The van der Waals surface area contributed by atoms with Crippen LogP contribution in [0, 0.1) is 0 Å². The SMILES string of the molecule is CS(=O)(=O)c1ccccc1NC(=O)c1ccc(C(=O)c2ccccc2)cc1. The van der Waals surface area contributed by atoms with E-state index in [9.17, 15) is 18.0 Å². The Kier molecular flexibility index (Phi) is 5.19. The summed E-state index contributed by atoms with van der Waals surface area (Å²) in [5.41, 5.74) is 1.57. The number of benzene rings is 3. The summed E-state index contributed by atoms with van der Waals surface area (Å²) in [6.45, 7) is 0. The number of sulfone groups is 1. The first kappa shape index (κ1) is 18.5. The maximum atomic E-state index is 12.5. The van der Waals surface area contributed by atoms with Gasteiger partial charge in [0.05, 0.1) is 10.6 Å². The summed E-state index contributed by atoms with van der Waals surface area (Å²) in [4.78, 5) is 24.9. The van der Waals surface area contributed by atoms with Crippen LogP contribution in [0.15, 0.2) is 83.8 Å². The standard InChI is InChI=1S/C21H17NO4S/c1-27(25,26)19-10-6-5-9-18(19)22-21(24)17-13-11-16(12-14-17)20(23)15-7-3-2-4-8-15/h2-14H,1H3,(H,22,24). The zero-order valence-corrected chi connectivity index (χ0v) is 15.4. The van der Waals surface area contributed by atoms with Crippen molar-refractivity contribution >= 4 is 27.2 Å². The summed E-state index contributed by atoms with van der Waals surface area (Å²) in [6, 6.07) is 21.3. The molecule has 6 heteroatoms. The molecule has 136 valence electrons. The second-order valence-electron chi connectivity index (χ2n) is 5.99. The van der Waals surface area contributed by atoms with E-state index in [1.807, 2.05) is 6.07 Å². The molecule has 0 aromatic heterocycles. The molecule has 0 aliphatic carbocycles. The number of carbonyl (C=O) groups is 2. The molecule has 27 heavy (non-hydrogen) atoms. The monoisotopic (exact) mass is 379 g/mol. The lowest BCUT2D eigenvalue weighted by molar-refractivity contribution is 0.102. The molecule has 0 saturated heterocycles. The van der Waals surface area contributed by atoms with E-state index in [4.69, 9.17) is 0 Å². The van der Waals surface area contributed by atoms with Gasteiger partial charge in [0.1, 0.15) is 0 Å². The van der Waals surface area contributed by atoms with Crippen molar-refractivity contribution in [3.8, 4) is 0 Å². The van der Waals surface area contributed by atoms with Gasteiger partial charge < -0.3 is 5.32 Å². The Bertz CT molecular complexity index is 1090. The molecular formula is C21H17NO4S. The van der Waals surface area contributed by atoms with Crippen LogP contribution in [0.4, 0.5) is 5.69 Å². The van der Waals surface area contributed by atoms with Crippen molar-refractivity contribution in [2.45, 2.75) is 4.90 Å². The Morgan fingerprint density at radius 3 is 1.85 bits per heavy atom. The normalized spacial score (nSPS) is 11.0. The highest BCUT2D eigenvalue weighted by molar-refractivity contribution is 7.90. The van der Waals surface area contributed by atoms with E-state index in [-0.39, 0.29) is 16.4 Å². The summed E-state index contributed by atoms with van der Waals surface area (Å²) < 4.78 is 23.7. The van der Waals surface area contributed by atoms with Gasteiger partial charge in [-0.05, 0) is 24.3 Å². The molecule has 5 nitrogen and oxygen atoms in total. The van der Waals surface area contributed by atoms with E-state index in [1.54, 1.807) is 48.5 Å². The Balaban J connectivity index is 1.81. The van der Waals surface area contributed by atoms with Crippen LogP contribution in [0.3, 0.4) is 0 Å². The third-order valence-corrected chi connectivity index (χ3v) is 5.13. The van der Waals surface area contributed by atoms with E-state index in [1.165, 1.54) is 24.3 Å². The average molecular weight is 379 g/mol. The molecule has 1 N–H and O–H groups in total. The molecule has 0 aliphatic heterocycles. The van der Waals surface area contributed by atoms with Crippen molar-refractivity contribution in [3.63, 3.8) is 0 Å². The molecule has 0 aliphatic rings. The Morgan fingerprint density at radius 2 is 1.22 bits per heavy atom. The first-order valence-corrected chi connectivity index (χ1v) is 10.1. The van der Waals surface area contributed by atoms with Crippen LogP contribution in [0.25, 0.3) is 0 Å². The lowest BCUT2D eigenvalue weighted by Gasteiger charge is -2.10. The number of hydrogen-bond acceptors (Lipinski definition) is 4. The number of rotatable bonds is 5. The predicted molar refractivity (Wildman–Crippen MR) is 104 cm³/mol. The van der Waals surface area contributed by atoms with Gasteiger partial charge >= 0.3 is 0 Å². The van der Waals surface area contributed by atoms with Crippen LogP contribution in [0.5, 0.6) is 0 Å². The Hall–Kier alpha value is -3.25. The highest BCUT2D eigenvalue weighted by Gasteiger charge is 2.16. The first-order chi connectivity index (χ1) is 12.9. The smallest absolute Gasteiger partial charge is 0.255 e. The molecule has 3 aromatic carbocycles. The van der Waals surface area contributed by atoms with Crippen molar-refractivity contribution in [1.82, 2.24) is 0 Å². The van der Waals surface area contributed by atoms with Crippen molar-refractivity contribution in [3.05, 3.63) is 95.6 Å². The number of amides is 1. The molecule has 0 saturated carbocycles. The fourth-order valence-electron chi connectivity index (χ4n) is 2.62. The van der Waals surface area contributed by atoms with E-state index < -0.39 is 15.7 Å². The molecule has 0 spiro atoms. The molecule has 0 radical (unpaired) electrons. The van der Waals surface area contributed by atoms with Crippen LogP contribution < -0.4 is 5.32 Å². The van der Waals surface area contributed by atoms with Crippen molar-refractivity contribution in [2.75, 3.05) is 11.6 Å². The molecule has 0 atom stereocenters. The van der Waals surface area contributed by atoms with Gasteiger partial charge in [-0.2, -0.15) is 0 Å². The van der Waals surface area contributed by atoms with Gasteiger partial charge in [-0.1, -0.05) is 54.6 Å². The quantitative estimate of drug-likeness (QED) is 0.687. The minimum absolute atomic E-state index is 0.0502. The maximum absolute atomic E-state index is 12.5. The Labute approximate surface area is 157 Å². The van der Waals surface area contributed by atoms with Crippen molar-refractivity contribution in [1.29, 1.82) is 0 Å². The second-order valence-corrected chi connectivity index (χ2v) is 7.98. The predicted octanol–water partition coefficient (Wildman–Crippen LogP) is 3.57. The zero-order valence-electron chi connectivity index (χ0n) is 14.5. The van der Waals surface area contributed by atoms with Gasteiger partial charge in [0.15, 0.2) is 15.6 Å². The molecule has 1 amide bonds. The van der Waals surface area contributed by atoms with Crippen LogP contribution in [-0.2, 0) is 9.84 Å². The third kappa shape index (κ3) is 4.30. The van der Waals surface area contributed by atoms with E-state index in [2.05, 4.69) is 5.32 Å². The highest BCUT2D eigenvalue weighted by atomic mass is 32.2. The molecule has 0 fully saturated rings. The first-order valence-electron chi connectivity index (χ1n) is 8.16. The number of ketones is 1. The molecule has 3 rings (SSSR count). The van der Waals surface area contributed by atoms with Gasteiger partial charge in [-0.3, -0.25) is 9.59 Å². The van der Waals surface area contributed by atoms with Crippen molar-refractivity contribution in [2.24, 2.45) is 0 Å². The summed E-state index contributed by atoms with van der Waals surface area (Å²) in [7, 11) is -3.47.